The van der Waals surface area contributed by atoms with Crippen LogP contribution in [-0.2, 0) is 4.79 Å². The van der Waals surface area contributed by atoms with Crippen molar-refractivity contribution in [1.82, 2.24) is 5.32 Å². The molecule has 0 fully saturated rings. The summed E-state index contributed by atoms with van der Waals surface area (Å²) in [6.07, 6.45) is -5.08. The SMILES string of the molecule is NC(N)=Nc1ccc(C(=O)NC(N)=Nc2ccc(C(=O)O)cc2)cc1.O=C(O)C(F)(F)F. The van der Waals surface area contributed by atoms with E-state index in [-0.39, 0.29) is 17.5 Å². The van der Waals surface area contributed by atoms with Crippen molar-refractivity contribution in [1.29, 1.82) is 0 Å². The van der Waals surface area contributed by atoms with Crippen molar-refractivity contribution in [3.05, 3.63) is 59.7 Å². The molecule has 0 bridgehead atoms. The molecule has 0 radical (unpaired) electrons. The van der Waals surface area contributed by atoms with Crippen LogP contribution in [0.15, 0.2) is 58.5 Å². The van der Waals surface area contributed by atoms with Crippen molar-refractivity contribution in [3.63, 3.8) is 0 Å². The molecule has 0 aliphatic carbocycles. The van der Waals surface area contributed by atoms with E-state index in [0.29, 0.717) is 16.9 Å². The van der Waals surface area contributed by atoms with Gasteiger partial charge in [0.1, 0.15) is 0 Å². The topological polar surface area (TPSA) is 206 Å². The van der Waals surface area contributed by atoms with Crippen LogP contribution in [0.5, 0.6) is 0 Å². The fraction of sp³-hybridized carbons (Fsp3) is 0.0556. The third-order valence-electron chi connectivity index (χ3n) is 3.24. The maximum absolute atomic E-state index is 12.1. The van der Waals surface area contributed by atoms with Gasteiger partial charge in [-0.15, -0.1) is 0 Å². The number of nitrogens with one attached hydrogen (secondary N) is 1. The monoisotopic (exact) mass is 454 g/mol. The Morgan fingerprint density at radius 1 is 0.781 bits per heavy atom. The van der Waals surface area contributed by atoms with E-state index >= 15 is 0 Å². The Hall–Kier alpha value is -4.62. The molecule has 9 N–H and O–H groups in total. The Balaban J connectivity index is 0.000000633. The van der Waals surface area contributed by atoms with Crippen LogP contribution in [0, 0.1) is 0 Å². The highest BCUT2D eigenvalue weighted by Gasteiger charge is 2.38. The number of hydrogen-bond acceptors (Lipinski definition) is 5. The van der Waals surface area contributed by atoms with E-state index in [0.717, 1.165) is 0 Å². The Morgan fingerprint density at radius 2 is 1.19 bits per heavy atom. The van der Waals surface area contributed by atoms with Crippen molar-refractivity contribution < 1.29 is 37.8 Å². The molecule has 0 heterocycles. The summed E-state index contributed by atoms with van der Waals surface area (Å²) in [5.41, 5.74) is 17.6. The van der Waals surface area contributed by atoms with Crippen molar-refractivity contribution in [2.75, 3.05) is 0 Å². The molecule has 32 heavy (non-hydrogen) atoms. The molecule has 0 aromatic heterocycles. The third-order valence-corrected chi connectivity index (χ3v) is 3.24. The quantitative estimate of drug-likeness (QED) is 0.292. The van der Waals surface area contributed by atoms with E-state index in [2.05, 4.69) is 15.3 Å². The van der Waals surface area contributed by atoms with E-state index in [1.807, 2.05) is 0 Å². The van der Waals surface area contributed by atoms with Gasteiger partial charge < -0.3 is 27.4 Å². The summed E-state index contributed by atoms with van der Waals surface area (Å²) in [5, 5.41) is 18.4. The average molecular weight is 454 g/mol. The number of nitrogens with zero attached hydrogens (tertiary/aromatic N) is 2. The van der Waals surface area contributed by atoms with Gasteiger partial charge in [0.05, 0.1) is 16.9 Å². The van der Waals surface area contributed by atoms with E-state index in [9.17, 15) is 22.8 Å². The molecule has 0 saturated carbocycles. The van der Waals surface area contributed by atoms with Gasteiger partial charge in [0.2, 0.25) is 5.96 Å². The van der Waals surface area contributed by atoms with Crippen molar-refractivity contribution in [2.24, 2.45) is 27.2 Å². The fourth-order valence-electron chi connectivity index (χ4n) is 1.87. The first-order chi connectivity index (χ1) is 14.8. The predicted octanol–water partition coefficient (Wildman–Crippen LogP) is 1.30. The first-order valence-corrected chi connectivity index (χ1v) is 8.28. The van der Waals surface area contributed by atoms with E-state index in [1.165, 1.54) is 36.4 Å². The minimum atomic E-state index is -5.08. The standard InChI is InChI=1S/C16H16N6O3.C2HF3O2/c17-15(18)20-11-5-1-9(2-6-11)13(23)22-16(19)21-12-7-3-10(4-8-12)14(24)25;3-2(4,5)1(6)7/h1-8H,(H,24,25)(H4,17,18,20)(H3,19,21,22,23);(H,6,7). The number of benzene rings is 2. The van der Waals surface area contributed by atoms with Gasteiger partial charge in [0.25, 0.3) is 5.91 Å². The molecule has 2 aromatic rings. The van der Waals surface area contributed by atoms with Gasteiger partial charge in [0.15, 0.2) is 5.96 Å². The lowest BCUT2D eigenvalue weighted by Crippen LogP contribution is -2.36. The van der Waals surface area contributed by atoms with Crippen LogP contribution in [0.2, 0.25) is 0 Å². The molecule has 0 aliphatic heterocycles. The van der Waals surface area contributed by atoms with Crippen molar-refractivity contribution in [2.45, 2.75) is 6.18 Å². The van der Waals surface area contributed by atoms with E-state index in [1.54, 1.807) is 12.1 Å². The highest BCUT2D eigenvalue weighted by molar-refractivity contribution is 6.06. The number of carboxylic acids is 2. The van der Waals surface area contributed by atoms with E-state index in [4.69, 9.17) is 32.2 Å². The number of amides is 1. The van der Waals surface area contributed by atoms with Crippen LogP contribution in [0.1, 0.15) is 20.7 Å². The summed E-state index contributed by atoms with van der Waals surface area (Å²) in [4.78, 5) is 39.6. The summed E-state index contributed by atoms with van der Waals surface area (Å²) >= 11 is 0. The summed E-state index contributed by atoms with van der Waals surface area (Å²) in [6, 6.07) is 12.0. The summed E-state index contributed by atoms with van der Waals surface area (Å²) in [5.74, 6) is -4.46. The van der Waals surface area contributed by atoms with Gasteiger partial charge >= 0.3 is 18.1 Å². The van der Waals surface area contributed by atoms with Crippen LogP contribution in [0.4, 0.5) is 24.5 Å². The summed E-state index contributed by atoms with van der Waals surface area (Å²) in [6.45, 7) is 0. The number of carbonyl (C=O) groups is 3. The molecule has 2 aromatic carbocycles. The molecule has 2 rings (SSSR count). The number of aliphatic carboxylic acids is 1. The zero-order chi connectivity index (χ0) is 24.5. The van der Waals surface area contributed by atoms with Gasteiger partial charge in [-0.1, -0.05) is 0 Å². The molecule has 14 heteroatoms. The lowest BCUT2D eigenvalue weighted by molar-refractivity contribution is -0.192. The third kappa shape index (κ3) is 8.81. The van der Waals surface area contributed by atoms with Crippen molar-refractivity contribution in [3.8, 4) is 0 Å². The maximum Gasteiger partial charge on any atom is 0.490 e. The molecule has 0 spiro atoms. The molecule has 11 nitrogen and oxygen atoms in total. The normalized spacial score (nSPS) is 10.9. The van der Waals surface area contributed by atoms with Gasteiger partial charge in [-0.3, -0.25) is 10.1 Å². The molecule has 0 unspecified atom stereocenters. The lowest BCUT2D eigenvalue weighted by atomic mass is 10.2. The van der Waals surface area contributed by atoms with Gasteiger partial charge in [-0.25, -0.2) is 19.6 Å². The maximum atomic E-state index is 12.1. The number of rotatable bonds is 4. The second kappa shape index (κ2) is 11.0. The Bertz CT molecular complexity index is 1030. The van der Waals surface area contributed by atoms with Gasteiger partial charge in [-0.05, 0) is 48.5 Å². The van der Waals surface area contributed by atoms with Crippen LogP contribution >= 0.6 is 0 Å². The van der Waals surface area contributed by atoms with E-state index < -0.39 is 24.0 Å². The number of guanidine groups is 2. The number of carbonyl (C=O) groups excluding carboxylic acids is 1. The summed E-state index contributed by atoms with van der Waals surface area (Å²) < 4.78 is 31.7. The first kappa shape index (κ1) is 25.4. The average Bonchev–Trinajstić information content (AvgIpc) is 2.68. The zero-order valence-electron chi connectivity index (χ0n) is 16.0. The molecule has 0 atom stereocenters. The van der Waals surface area contributed by atoms with Gasteiger partial charge in [0, 0.05) is 5.56 Å². The Morgan fingerprint density at radius 3 is 1.56 bits per heavy atom. The highest BCUT2D eigenvalue weighted by atomic mass is 19.4. The molecule has 0 aliphatic rings. The highest BCUT2D eigenvalue weighted by Crippen LogP contribution is 2.14. The van der Waals surface area contributed by atoms with Gasteiger partial charge in [-0.2, -0.15) is 13.2 Å². The fourth-order valence-corrected chi connectivity index (χ4v) is 1.87. The Kier molecular flexibility index (Phi) is 8.70. The second-order valence-electron chi connectivity index (χ2n) is 5.69. The smallest absolute Gasteiger partial charge is 0.478 e. The Labute approximate surface area is 178 Å². The predicted molar refractivity (Wildman–Crippen MR) is 108 cm³/mol. The van der Waals surface area contributed by atoms with Crippen LogP contribution in [-0.4, -0.2) is 46.2 Å². The summed E-state index contributed by atoms with van der Waals surface area (Å²) in [7, 11) is 0. The number of hydrogen-bond donors (Lipinski definition) is 6. The van der Waals surface area contributed by atoms with Crippen LogP contribution in [0.3, 0.4) is 0 Å². The number of halogens is 3. The van der Waals surface area contributed by atoms with Crippen LogP contribution in [0.25, 0.3) is 0 Å². The van der Waals surface area contributed by atoms with Crippen molar-refractivity contribution >= 4 is 41.1 Å². The molecular formula is C18H17F3N6O5. The molecule has 0 saturated heterocycles. The molecular weight excluding hydrogens is 437 g/mol. The first-order valence-electron chi connectivity index (χ1n) is 8.28. The lowest BCUT2D eigenvalue weighted by Gasteiger charge is -2.05. The number of aliphatic imine (C=N–C) groups is 2. The minimum Gasteiger partial charge on any atom is -0.478 e. The number of aromatic carboxylic acids is 1. The number of carboxylic acid groups (broad SMARTS) is 2. The number of alkyl halides is 3. The molecule has 1 amide bonds. The second-order valence-corrected chi connectivity index (χ2v) is 5.69. The largest absolute Gasteiger partial charge is 0.490 e. The zero-order valence-corrected chi connectivity index (χ0v) is 16.0. The van der Waals surface area contributed by atoms with Crippen LogP contribution < -0.4 is 22.5 Å². The number of nitrogens with two attached hydrogens (primary N) is 3. The molecule has 170 valence electrons. The minimum absolute atomic E-state index is 0.0810.